The molecule has 1 aliphatic carbocycles. The van der Waals surface area contributed by atoms with Crippen LogP contribution in [0, 0.1) is 5.41 Å². The number of hydrogen-bond acceptors (Lipinski definition) is 2. The zero-order chi connectivity index (χ0) is 14.0. The van der Waals surface area contributed by atoms with Gasteiger partial charge in [0.2, 0.25) is 5.91 Å². The van der Waals surface area contributed by atoms with Crippen LogP contribution in [0.4, 0.5) is 0 Å². The van der Waals surface area contributed by atoms with Crippen LogP contribution >= 0.6 is 0 Å². The van der Waals surface area contributed by atoms with Gasteiger partial charge in [-0.3, -0.25) is 9.59 Å². The lowest BCUT2D eigenvalue weighted by Gasteiger charge is -2.18. The van der Waals surface area contributed by atoms with Gasteiger partial charge in [-0.25, -0.2) is 0 Å². The van der Waals surface area contributed by atoms with Crippen molar-refractivity contribution in [3.63, 3.8) is 0 Å². The van der Waals surface area contributed by atoms with Gasteiger partial charge in [0.15, 0.2) is 0 Å². The minimum atomic E-state index is -1.39. The van der Waals surface area contributed by atoms with E-state index in [1.807, 2.05) is 6.07 Å². The lowest BCUT2D eigenvalue weighted by atomic mass is 9.92. The Morgan fingerprint density at radius 1 is 1.26 bits per heavy atom. The van der Waals surface area contributed by atoms with Crippen molar-refractivity contribution in [1.82, 2.24) is 5.32 Å². The lowest BCUT2D eigenvalue weighted by Crippen LogP contribution is -2.41. The fourth-order valence-corrected chi connectivity index (χ4v) is 2.24. The number of rotatable bonds is 4. The Hall–Kier alpha value is -1.84. The number of carbonyl (C=O) groups excluding carboxylic acids is 1. The summed E-state index contributed by atoms with van der Waals surface area (Å²) in [5.74, 6) is -1.57. The monoisotopic (exact) mass is 261 g/mol. The zero-order valence-electron chi connectivity index (χ0n) is 11.3. The average Bonchev–Trinajstić information content (AvgIpc) is 2.82. The summed E-state index contributed by atoms with van der Waals surface area (Å²) in [6, 6.07) is 6.21. The van der Waals surface area contributed by atoms with E-state index in [1.54, 1.807) is 0 Å². The number of hydrogen-bond donors (Lipinski definition) is 2. The number of benzene rings is 1. The molecule has 0 radical (unpaired) electrons. The minimum Gasteiger partial charge on any atom is -0.480 e. The van der Waals surface area contributed by atoms with E-state index in [0.29, 0.717) is 6.54 Å². The fourth-order valence-electron chi connectivity index (χ4n) is 2.24. The molecule has 0 aromatic heterocycles. The first-order valence-electron chi connectivity index (χ1n) is 6.53. The molecular formula is C15H19NO3. The second-order valence-corrected chi connectivity index (χ2v) is 5.57. The van der Waals surface area contributed by atoms with E-state index in [9.17, 15) is 9.59 Å². The zero-order valence-corrected chi connectivity index (χ0v) is 11.3. The summed E-state index contributed by atoms with van der Waals surface area (Å²) in [6.45, 7) is 3.20. The van der Waals surface area contributed by atoms with E-state index in [1.165, 1.54) is 31.4 Å². The van der Waals surface area contributed by atoms with Gasteiger partial charge in [-0.05, 0) is 49.8 Å². The lowest BCUT2D eigenvalue weighted by molar-refractivity contribution is -0.153. The summed E-state index contributed by atoms with van der Waals surface area (Å²) in [7, 11) is 0. The Labute approximate surface area is 112 Å². The average molecular weight is 261 g/mol. The Balaban J connectivity index is 2.00. The maximum Gasteiger partial charge on any atom is 0.318 e. The minimum absolute atomic E-state index is 0.378. The SMILES string of the molecule is CC(C)(C(=O)O)C(=O)NCc1ccc2c(c1)CCC2. The summed E-state index contributed by atoms with van der Waals surface area (Å²) in [5, 5.41) is 11.7. The predicted molar refractivity (Wildman–Crippen MR) is 71.7 cm³/mol. The Morgan fingerprint density at radius 3 is 2.63 bits per heavy atom. The molecule has 0 atom stereocenters. The van der Waals surface area contributed by atoms with Crippen LogP contribution in [0.1, 0.15) is 37.0 Å². The highest BCUT2D eigenvalue weighted by Crippen LogP contribution is 2.23. The fraction of sp³-hybridized carbons (Fsp3) is 0.467. The van der Waals surface area contributed by atoms with Crippen molar-refractivity contribution in [1.29, 1.82) is 0 Å². The summed E-state index contributed by atoms with van der Waals surface area (Å²) < 4.78 is 0. The van der Waals surface area contributed by atoms with Gasteiger partial charge in [-0.2, -0.15) is 0 Å². The van der Waals surface area contributed by atoms with Gasteiger partial charge >= 0.3 is 5.97 Å². The smallest absolute Gasteiger partial charge is 0.318 e. The van der Waals surface area contributed by atoms with E-state index in [-0.39, 0.29) is 0 Å². The van der Waals surface area contributed by atoms with Crippen molar-refractivity contribution in [3.05, 3.63) is 34.9 Å². The predicted octanol–water partition coefficient (Wildman–Crippen LogP) is 1.90. The van der Waals surface area contributed by atoms with Crippen LogP contribution in [-0.2, 0) is 29.0 Å². The summed E-state index contributed by atoms with van der Waals surface area (Å²) in [4.78, 5) is 22.8. The molecule has 1 aliphatic rings. The maximum absolute atomic E-state index is 11.8. The van der Waals surface area contributed by atoms with E-state index >= 15 is 0 Å². The molecule has 0 heterocycles. The largest absolute Gasteiger partial charge is 0.480 e. The Morgan fingerprint density at radius 2 is 1.95 bits per heavy atom. The number of aryl methyl sites for hydroxylation is 2. The van der Waals surface area contributed by atoms with E-state index in [0.717, 1.165) is 18.4 Å². The van der Waals surface area contributed by atoms with Crippen molar-refractivity contribution in [2.75, 3.05) is 0 Å². The molecule has 0 spiro atoms. The third-order valence-electron chi connectivity index (χ3n) is 3.72. The van der Waals surface area contributed by atoms with Crippen LogP contribution in [0.3, 0.4) is 0 Å². The Kier molecular flexibility index (Phi) is 3.60. The van der Waals surface area contributed by atoms with Gasteiger partial charge in [0.25, 0.3) is 0 Å². The second-order valence-electron chi connectivity index (χ2n) is 5.57. The normalized spacial score (nSPS) is 14.0. The number of carboxylic acids is 1. The third kappa shape index (κ3) is 2.78. The number of nitrogens with one attached hydrogen (secondary N) is 1. The second kappa shape index (κ2) is 5.03. The first-order valence-corrected chi connectivity index (χ1v) is 6.53. The van der Waals surface area contributed by atoms with Crippen molar-refractivity contribution in [3.8, 4) is 0 Å². The molecule has 102 valence electrons. The van der Waals surface area contributed by atoms with E-state index < -0.39 is 17.3 Å². The highest BCUT2D eigenvalue weighted by atomic mass is 16.4. The molecule has 4 heteroatoms. The molecule has 0 saturated heterocycles. The maximum atomic E-state index is 11.8. The molecular weight excluding hydrogens is 242 g/mol. The van der Waals surface area contributed by atoms with Crippen molar-refractivity contribution in [2.45, 2.75) is 39.7 Å². The summed E-state index contributed by atoms with van der Waals surface area (Å²) in [5.41, 5.74) is 2.37. The van der Waals surface area contributed by atoms with Crippen LogP contribution in [0.25, 0.3) is 0 Å². The van der Waals surface area contributed by atoms with Gasteiger partial charge < -0.3 is 10.4 Å². The first kappa shape index (κ1) is 13.6. The molecule has 19 heavy (non-hydrogen) atoms. The highest BCUT2D eigenvalue weighted by Gasteiger charge is 2.35. The molecule has 0 saturated carbocycles. The Bertz CT molecular complexity index is 520. The van der Waals surface area contributed by atoms with Crippen molar-refractivity contribution >= 4 is 11.9 Å². The molecule has 2 N–H and O–H groups in total. The molecule has 0 aliphatic heterocycles. The molecule has 1 aromatic carbocycles. The highest BCUT2D eigenvalue weighted by molar-refractivity contribution is 6.00. The van der Waals surface area contributed by atoms with Gasteiger partial charge in [0.1, 0.15) is 5.41 Å². The molecule has 0 fully saturated rings. The van der Waals surface area contributed by atoms with Gasteiger partial charge in [-0.15, -0.1) is 0 Å². The number of carbonyl (C=O) groups is 2. The standard InChI is InChI=1S/C15H19NO3/c1-15(2,14(18)19)13(17)16-9-10-6-7-11-4-3-5-12(11)8-10/h6-8H,3-5,9H2,1-2H3,(H,16,17)(H,18,19). The number of carboxylic acid groups (broad SMARTS) is 1. The van der Waals surface area contributed by atoms with E-state index in [4.69, 9.17) is 5.11 Å². The van der Waals surface area contributed by atoms with Gasteiger partial charge in [-0.1, -0.05) is 18.2 Å². The molecule has 1 amide bonds. The number of amides is 1. The van der Waals surface area contributed by atoms with Crippen LogP contribution in [0.2, 0.25) is 0 Å². The molecule has 0 bridgehead atoms. The van der Waals surface area contributed by atoms with Crippen LogP contribution < -0.4 is 5.32 Å². The third-order valence-corrected chi connectivity index (χ3v) is 3.72. The topological polar surface area (TPSA) is 66.4 Å². The molecule has 0 unspecified atom stereocenters. The number of fused-ring (bicyclic) bond motifs is 1. The molecule has 1 aromatic rings. The summed E-state index contributed by atoms with van der Waals surface area (Å²) in [6.07, 6.45) is 3.42. The van der Waals surface area contributed by atoms with Crippen LogP contribution in [-0.4, -0.2) is 17.0 Å². The van der Waals surface area contributed by atoms with Crippen molar-refractivity contribution < 1.29 is 14.7 Å². The molecule has 2 rings (SSSR count). The quantitative estimate of drug-likeness (QED) is 0.813. The van der Waals surface area contributed by atoms with Gasteiger partial charge in [0.05, 0.1) is 0 Å². The first-order chi connectivity index (χ1) is 8.91. The van der Waals surface area contributed by atoms with Crippen molar-refractivity contribution in [2.24, 2.45) is 5.41 Å². The van der Waals surface area contributed by atoms with Crippen LogP contribution in [0.15, 0.2) is 18.2 Å². The van der Waals surface area contributed by atoms with E-state index in [2.05, 4.69) is 17.4 Å². The number of aliphatic carboxylic acids is 1. The summed E-state index contributed by atoms with van der Waals surface area (Å²) >= 11 is 0. The van der Waals surface area contributed by atoms with Crippen LogP contribution in [0.5, 0.6) is 0 Å². The molecule has 4 nitrogen and oxygen atoms in total. The van der Waals surface area contributed by atoms with Gasteiger partial charge in [0, 0.05) is 6.54 Å².